The number of carbonyl (C=O) groups is 1. The Morgan fingerprint density at radius 3 is 2.38 bits per heavy atom. The molecule has 2 nitrogen and oxygen atoms in total. The molecular weight excluding hydrogens is 279 g/mol. The maximum Gasteiger partial charge on any atom is 0.417 e. The van der Waals surface area contributed by atoms with Gasteiger partial charge in [-0.05, 0) is 12.0 Å². The van der Waals surface area contributed by atoms with E-state index in [1.165, 1.54) is 24.3 Å². The highest BCUT2D eigenvalue weighted by Gasteiger charge is 2.35. The lowest BCUT2D eigenvalue weighted by Crippen LogP contribution is -2.24. The average molecular weight is 299 g/mol. The molecule has 21 heavy (non-hydrogen) atoms. The van der Waals surface area contributed by atoms with Crippen LogP contribution in [0.15, 0.2) is 36.4 Å². The average Bonchev–Trinajstić information content (AvgIpc) is 2.44. The Balaban J connectivity index is 2.69. The summed E-state index contributed by atoms with van der Waals surface area (Å²) in [5.74, 6) is -0.706. The summed E-state index contributed by atoms with van der Waals surface area (Å²) in [4.78, 5) is 11.6. The molecule has 1 amide bonds. The molecule has 1 rings (SSSR count). The van der Waals surface area contributed by atoms with Crippen LogP contribution in [0.25, 0.3) is 5.57 Å². The third-order valence-electron chi connectivity index (χ3n) is 3.00. The zero-order valence-corrected chi connectivity index (χ0v) is 12.0. The van der Waals surface area contributed by atoms with Crippen molar-refractivity contribution in [3.63, 3.8) is 0 Å². The highest BCUT2D eigenvalue weighted by molar-refractivity contribution is 5.96. The fourth-order valence-corrected chi connectivity index (χ4v) is 1.89. The number of carbonyl (C=O) groups excluding carboxylic acids is 1. The van der Waals surface area contributed by atoms with Gasteiger partial charge in [0.2, 0.25) is 5.91 Å². The van der Waals surface area contributed by atoms with Crippen molar-refractivity contribution in [1.29, 1.82) is 0 Å². The van der Waals surface area contributed by atoms with Gasteiger partial charge in [-0.15, -0.1) is 0 Å². The molecule has 0 radical (unpaired) electrons. The highest BCUT2D eigenvalue weighted by Crippen LogP contribution is 2.33. The maximum atomic E-state index is 13.0. The van der Waals surface area contributed by atoms with Gasteiger partial charge < -0.3 is 5.32 Å². The van der Waals surface area contributed by atoms with Crippen LogP contribution in [0.1, 0.15) is 38.2 Å². The molecule has 0 aromatic heterocycles. The Labute approximate surface area is 123 Å². The van der Waals surface area contributed by atoms with Crippen molar-refractivity contribution in [3.05, 3.63) is 42.0 Å². The molecule has 1 aromatic rings. The molecule has 0 atom stereocenters. The van der Waals surface area contributed by atoms with E-state index in [-0.39, 0.29) is 5.56 Å². The van der Waals surface area contributed by atoms with Crippen LogP contribution >= 0.6 is 0 Å². The molecule has 0 spiro atoms. The van der Waals surface area contributed by atoms with Crippen LogP contribution in [0.5, 0.6) is 0 Å². The molecule has 0 unspecified atom stereocenters. The second-order valence-corrected chi connectivity index (χ2v) is 4.77. The van der Waals surface area contributed by atoms with Crippen LogP contribution in [0.3, 0.4) is 0 Å². The summed E-state index contributed by atoms with van der Waals surface area (Å²) in [5.41, 5.74) is -0.930. The zero-order chi connectivity index (χ0) is 15.7. The van der Waals surface area contributed by atoms with Crippen LogP contribution in [0, 0.1) is 0 Å². The number of halogens is 3. The molecule has 1 aromatic carbocycles. The SMILES string of the molecule is CCCCCCNC(=O)/C=C(/c1ccccc1)C(F)(F)F. The minimum atomic E-state index is -4.55. The molecule has 0 saturated heterocycles. The molecule has 0 saturated carbocycles. The molecule has 0 aliphatic carbocycles. The summed E-state index contributed by atoms with van der Waals surface area (Å²) in [6, 6.07) is 7.34. The summed E-state index contributed by atoms with van der Waals surface area (Å²) in [6.07, 6.45) is -0.0505. The molecular formula is C16H20F3NO. The Kier molecular flexibility index (Phi) is 6.99. The van der Waals surface area contributed by atoms with Crippen molar-refractivity contribution in [1.82, 2.24) is 5.32 Å². The van der Waals surface area contributed by atoms with Crippen LogP contribution in [0.4, 0.5) is 13.2 Å². The number of hydrogen-bond donors (Lipinski definition) is 1. The van der Waals surface area contributed by atoms with Crippen LogP contribution < -0.4 is 5.32 Å². The van der Waals surface area contributed by atoms with E-state index >= 15 is 0 Å². The number of nitrogens with one attached hydrogen (secondary N) is 1. The van der Waals surface area contributed by atoms with E-state index in [2.05, 4.69) is 12.2 Å². The van der Waals surface area contributed by atoms with Gasteiger partial charge in [-0.2, -0.15) is 13.2 Å². The molecule has 0 aliphatic rings. The van der Waals surface area contributed by atoms with E-state index < -0.39 is 17.7 Å². The third-order valence-corrected chi connectivity index (χ3v) is 3.00. The molecule has 1 N–H and O–H groups in total. The molecule has 0 bridgehead atoms. The summed E-state index contributed by atoms with van der Waals surface area (Å²) >= 11 is 0. The first kappa shape index (κ1) is 17.3. The van der Waals surface area contributed by atoms with E-state index in [4.69, 9.17) is 0 Å². The van der Waals surface area contributed by atoms with Crippen LogP contribution in [-0.4, -0.2) is 18.6 Å². The lowest BCUT2D eigenvalue weighted by Gasteiger charge is -2.12. The van der Waals surface area contributed by atoms with Gasteiger partial charge in [0, 0.05) is 12.6 Å². The smallest absolute Gasteiger partial charge is 0.353 e. The first-order valence-electron chi connectivity index (χ1n) is 7.07. The van der Waals surface area contributed by atoms with E-state index in [1.54, 1.807) is 6.07 Å². The van der Waals surface area contributed by atoms with Crippen molar-refractivity contribution in [3.8, 4) is 0 Å². The minimum Gasteiger partial charge on any atom is -0.353 e. The molecule has 116 valence electrons. The zero-order valence-electron chi connectivity index (χ0n) is 12.0. The Bertz CT molecular complexity index is 466. The van der Waals surface area contributed by atoms with Gasteiger partial charge in [-0.3, -0.25) is 4.79 Å². The predicted molar refractivity (Wildman–Crippen MR) is 77.6 cm³/mol. The van der Waals surface area contributed by atoms with Gasteiger partial charge in [0.15, 0.2) is 0 Å². The largest absolute Gasteiger partial charge is 0.417 e. The number of allylic oxidation sites excluding steroid dienone is 1. The number of benzene rings is 1. The quantitative estimate of drug-likeness (QED) is 0.589. The Morgan fingerprint density at radius 2 is 1.81 bits per heavy atom. The molecule has 5 heteroatoms. The first-order chi connectivity index (χ1) is 9.95. The monoisotopic (exact) mass is 299 g/mol. The van der Waals surface area contributed by atoms with Crippen LogP contribution in [-0.2, 0) is 4.79 Å². The summed E-state index contributed by atoms with van der Waals surface area (Å²) in [5, 5.41) is 2.50. The number of amides is 1. The topological polar surface area (TPSA) is 29.1 Å². The number of unbranched alkanes of at least 4 members (excludes halogenated alkanes) is 3. The second kappa shape index (κ2) is 8.49. The minimum absolute atomic E-state index is 0.00821. The van der Waals surface area contributed by atoms with Gasteiger partial charge in [-0.1, -0.05) is 56.5 Å². The number of hydrogen-bond acceptors (Lipinski definition) is 1. The Hall–Kier alpha value is -1.78. The number of alkyl halides is 3. The van der Waals surface area contributed by atoms with Crippen LogP contribution in [0.2, 0.25) is 0 Å². The van der Waals surface area contributed by atoms with Crippen molar-refractivity contribution < 1.29 is 18.0 Å². The maximum absolute atomic E-state index is 13.0. The summed E-state index contributed by atoms with van der Waals surface area (Å²) < 4.78 is 39.0. The lowest BCUT2D eigenvalue weighted by atomic mass is 10.1. The first-order valence-corrected chi connectivity index (χ1v) is 7.07. The Morgan fingerprint density at radius 1 is 1.14 bits per heavy atom. The van der Waals surface area contributed by atoms with Crippen molar-refractivity contribution in [2.45, 2.75) is 38.8 Å². The van der Waals surface area contributed by atoms with Gasteiger partial charge in [0.25, 0.3) is 0 Å². The van der Waals surface area contributed by atoms with Gasteiger partial charge in [0.1, 0.15) is 0 Å². The standard InChI is InChI=1S/C16H20F3NO/c1-2-3-4-8-11-20-15(21)12-14(16(17,18)19)13-9-6-5-7-10-13/h5-7,9-10,12H,2-4,8,11H2,1H3,(H,20,21)/b14-12-. The van der Waals surface area contributed by atoms with E-state index in [0.717, 1.165) is 25.7 Å². The fourth-order valence-electron chi connectivity index (χ4n) is 1.89. The second-order valence-electron chi connectivity index (χ2n) is 4.77. The van der Waals surface area contributed by atoms with Gasteiger partial charge in [-0.25, -0.2) is 0 Å². The normalized spacial score (nSPS) is 12.3. The van der Waals surface area contributed by atoms with E-state index in [9.17, 15) is 18.0 Å². The predicted octanol–water partition coefficient (Wildman–Crippen LogP) is 4.33. The molecule has 0 aliphatic heterocycles. The van der Waals surface area contributed by atoms with Crippen molar-refractivity contribution >= 4 is 11.5 Å². The van der Waals surface area contributed by atoms with Gasteiger partial charge in [0.05, 0.1) is 5.57 Å². The lowest BCUT2D eigenvalue weighted by molar-refractivity contribution is -0.117. The molecule has 0 heterocycles. The summed E-state index contributed by atoms with van der Waals surface area (Å²) in [6.45, 7) is 2.46. The summed E-state index contributed by atoms with van der Waals surface area (Å²) in [7, 11) is 0. The van der Waals surface area contributed by atoms with E-state index in [0.29, 0.717) is 12.6 Å². The van der Waals surface area contributed by atoms with Crippen molar-refractivity contribution in [2.24, 2.45) is 0 Å². The van der Waals surface area contributed by atoms with Crippen molar-refractivity contribution in [2.75, 3.05) is 6.54 Å². The third kappa shape index (κ3) is 6.47. The van der Waals surface area contributed by atoms with E-state index in [1.807, 2.05) is 0 Å². The highest BCUT2D eigenvalue weighted by atomic mass is 19.4. The molecule has 0 fully saturated rings. The van der Waals surface area contributed by atoms with Gasteiger partial charge >= 0.3 is 6.18 Å². The number of rotatable bonds is 7. The fraction of sp³-hybridized carbons (Fsp3) is 0.438.